The summed E-state index contributed by atoms with van der Waals surface area (Å²) in [7, 11) is 1.36. The molecule has 2 aromatic rings. The van der Waals surface area contributed by atoms with Gasteiger partial charge in [-0.15, -0.1) is 11.3 Å². The van der Waals surface area contributed by atoms with Gasteiger partial charge in [-0.3, -0.25) is 0 Å². The van der Waals surface area contributed by atoms with Crippen LogP contribution in [0.4, 0.5) is 5.95 Å². The third-order valence-corrected chi connectivity index (χ3v) is 3.86. The van der Waals surface area contributed by atoms with Crippen LogP contribution in [0, 0.1) is 0 Å². The monoisotopic (exact) mass is 277 g/mol. The molecule has 8 heteroatoms. The maximum atomic E-state index is 12.0. The van der Waals surface area contributed by atoms with E-state index in [1.165, 1.54) is 7.11 Å². The Kier molecular flexibility index (Phi) is 2.79. The van der Waals surface area contributed by atoms with Crippen LogP contribution in [0.3, 0.4) is 0 Å². The minimum atomic E-state index is -0.385. The lowest BCUT2D eigenvalue weighted by atomic mass is 10.0. The van der Waals surface area contributed by atoms with E-state index in [0.29, 0.717) is 17.2 Å². The van der Waals surface area contributed by atoms with Crippen molar-refractivity contribution in [3.63, 3.8) is 0 Å². The zero-order valence-corrected chi connectivity index (χ0v) is 11.1. The highest BCUT2D eigenvalue weighted by molar-refractivity contribution is 7.10. The lowest BCUT2D eigenvalue weighted by molar-refractivity contribution is -0.136. The fourth-order valence-electron chi connectivity index (χ4n) is 2.10. The Morgan fingerprint density at radius 3 is 3.11 bits per heavy atom. The van der Waals surface area contributed by atoms with Gasteiger partial charge in [-0.25, -0.2) is 4.79 Å². The van der Waals surface area contributed by atoms with Gasteiger partial charge >= 0.3 is 5.97 Å². The zero-order valence-electron chi connectivity index (χ0n) is 10.3. The van der Waals surface area contributed by atoms with Crippen LogP contribution in [0.15, 0.2) is 28.8 Å². The smallest absolute Gasteiger partial charge is 0.338 e. The molecule has 2 aromatic heterocycles. The highest BCUT2D eigenvalue weighted by Gasteiger charge is 2.35. The predicted octanol–water partition coefficient (Wildman–Crippen LogP) is 1.20. The van der Waals surface area contributed by atoms with Gasteiger partial charge < -0.3 is 10.1 Å². The molecule has 3 heterocycles. The summed E-state index contributed by atoms with van der Waals surface area (Å²) in [5, 5.41) is 16.5. The second kappa shape index (κ2) is 4.47. The number of fused-ring (bicyclic) bond motifs is 1. The van der Waals surface area contributed by atoms with Gasteiger partial charge in [0.25, 0.3) is 0 Å². The Morgan fingerprint density at radius 2 is 2.42 bits per heavy atom. The number of carbonyl (C=O) groups excluding carboxylic acids is 1. The molecule has 0 unspecified atom stereocenters. The second-order valence-electron chi connectivity index (χ2n) is 4.02. The number of ether oxygens (including phenoxy) is 1. The van der Waals surface area contributed by atoms with E-state index in [-0.39, 0.29) is 12.0 Å². The van der Waals surface area contributed by atoms with Crippen molar-refractivity contribution in [2.24, 2.45) is 0 Å². The topological polar surface area (TPSA) is 81.9 Å². The third-order valence-electron chi connectivity index (χ3n) is 2.93. The first-order valence-electron chi connectivity index (χ1n) is 5.59. The molecule has 1 aliphatic heterocycles. The number of tetrazole rings is 1. The van der Waals surface area contributed by atoms with Gasteiger partial charge in [0, 0.05) is 10.6 Å². The largest absolute Gasteiger partial charge is 0.466 e. The zero-order chi connectivity index (χ0) is 13.4. The van der Waals surface area contributed by atoms with Crippen LogP contribution in [0.25, 0.3) is 0 Å². The van der Waals surface area contributed by atoms with E-state index in [4.69, 9.17) is 4.74 Å². The van der Waals surface area contributed by atoms with Crippen LogP contribution >= 0.6 is 11.3 Å². The molecule has 0 saturated carbocycles. The minimum Gasteiger partial charge on any atom is -0.466 e. The van der Waals surface area contributed by atoms with Gasteiger partial charge in [-0.1, -0.05) is 11.2 Å². The average molecular weight is 277 g/mol. The Morgan fingerprint density at radius 1 is 1.58 bits per heavy atom. The van der Waals surface area contributed by atoms with E-state index in [1.807, 2.05) is 24.4 Å². The quantitative estimate of drug-likeness (QED) is 0.830. The van der Waals surface area contributed by atoms with Crippen molar-refractivity contribution in [2.75, 3.05) is 12.4 Å². The van der Waals surface area contributed by atoms with Crippen molar-refractivity contribution in [3.05, 3.63) is 33.7 Å². The molecule has 98 valence electrons. The summed E-state index contributed by atoms with van der Waals surface area (Å²) in [6.45, 7) is 1.81. The predicted molar refractivity (Wildman–Crippen MR) is 68.6 cm³/mol. The first-order chi connectivity index (χ1) is 9.22. The fraction of sp³-hybridized carbons (Fsp3) is 0.273. The summed E-state index contributed by atoms with van der Waals surface area (Å²) in [5.74, 6) is 0.133. The Bertz CT molecular complexity index is 646. The van der Waals surface area contributed by atoms with Crippen molar-refractivity contribution in [1.82, 2.24) is 20.2 Å². The summed E-state index contributed by atoms with van der Waals surface area (Å²) in [6.07, 6.45) is 0. The van der Waals surface area contributed by atoms with E-state index in [2.05, 4.69) is 20.8 Å². The van der Waals surface area contributed by atoms with Crippen molar-refractivity contribution in [3.8, 4) is 0 Å². The Hall–Kier alpha value is -2.22. The Labute approximate surface area is 112 Å². The molecule has 7 nitrogen and oxygen atoms in total. The standard InChI is InChI=1S/C11H11N5O2S/c1-6-8(10(17)18-2)9(7-4-3-5-19-7)16-11(12-6)13-14-15-16/h3-5,9H,1-2H3,(H,12,13,15)/t9-/m0/s1. The number of anilines is 1. The average Bonchev–Trinajstić information content (AvgIpc) is 3.06. The van der Waals surface area contributed by atoms with Crippen molar-refractivity contribution >= 4 is 23.3 Å². The van der Waals surface area contributed by atoms with E-state index in [0.717, 1.165) is 4.88 Å². The molecule has 0 radical (unpaired) electrons. The first-order valence-corrected chi connectivity index (χ1v) is 6.47. The van der Waals surface area contributed by atoms with Gasteiger partial charge in [0.05, 0.1) is 12.7 Å². The number of rotatable bonds is 2. The fourth-order valence-corrected chi connectivity index (χ4v) is 2.91. The van der Waals surface area contributed by atoms with Gasteiger partial charge in [-0.2, -0.15) is 4.68 Å². The molecule has 3 rings (SSSR count). The number of hydrogen-bond acceptors (Lipinski definition) is 7. The molecule has 0 spiro atoms. The molecule has 0 bridgehead atoms. The van der Waals surface area contributed by atoms with Gasteiger partial charge in [-0.05, 0) is 28.8 Å². The lowest BCUT2D eigenvalue weighted by Gasteiger charge is -2.25. The summed E-state index contributed by atoms with van der Waals surface area (Å²) in [4.78, 5) is 13.0. The summed E-state index contributed by atoms with van der Waals surface area (Å²) in [5.41, 5.74) is 1.22. The van der Waals surface area contributed by atoms with Crippen molar-refractivity contribution < 1.29 is 9.53 Å². The highest BCUT2D eigenvalue weighted by atomic mass is 32.1. The molecule has 0 saturated heterocycles. The number of hydrogen-bond donors (Lipinski definition) is 1. The summed E-state index contributed by atoms with van der Waals surface area (Å²) >= 11 is 1.54. The molecule has 1 aliphatic rings. The van der Waals surface area contributed by atoms with E-state index >= 15 is 0 Å². The first kappa shape index (κ1) is 11.8. The lowest BCUT2D eigenvalue weighted by Crippen LogP contribution is -2.28. The third kappa shape index (κ3) is 1.80. The maximum Gasteiger partial charge on any atom is 0.338 e. The molecule has 0 amide bonds. The maximum absolute atomic E-state index is 12.0. The number of thiophene rings is 1. The van der Waals surface area contributed by atoms with Crippen LogP contribution < -0.4 is 5.32 Å². The van der Waals surface area contributed by atoms with Crippen LogP contribution in [0.5, 0.6) is 0 Å². The molecule has 1 N–H and O–H groups in total. The SMILES string of the molecule is COC(=O)C1=C(C)Nc2nnnn2[C@H]1c1cccs1. The van der Waals surface area contributed by atoms with Crippen molar-refractivity contribution in [2.45, 2.75) is 13.0 Å². The molecule has 0 aliphatic carbocycles. The van der Waals surface area contributed by atoms with Gasteiger partial charge in [0.2, 0.25) is 5.95 Å². The molecule has 1 atom stereocenters. The summed E-state index contributed by atoms with van der Waals surface area (Å²) in [6, 6.07) is 3.53. The van der Waals surface area contributed by atoms with Crippen LogP contribution in [-0.2, 0) is 9.53 Å². The number of nitrogens with zero attached hydrogens (tertiary/aromatic N) is 4. The number of aromatic nitrogens is 4. The number of esters is 1. The van der Waals surface area contributed by atoms with E-state index < -0.39 is 0 Å². The summed E-state index contributed by atoms with van der Waals surface area (Å²) < 4.78 is 6.45. The molecular formula is C11H11N5O2S. The van der Waals surface area contributed by atoms with E-state index in [9.17, 15) is 4.79 Å². The minimum absolute atomic E-state index is 0.348. The molecule has 0 fully saturated rings. The number of methoxy groups -OCH3 is 1. The molecule has 19 heavy (non-hydrogen) atoms. The van der Waals surface area contributed by atoms with Crippen molar-refractivity contribution in [1.29, 1.82) is 0 Å². The van der Waals surface area contributed by atoms with Crippen LogP contribution in [0.2, 0.25) is 0 Å². The van der Waals surface area contributed by atoms with Crippen LogP contribution in [-0.4, -0.2) is 33.3 Å². The van der Waals surface area contributed by atoms with Crippen LogP contribution in [0.1, 0.15) is 17.8 Å². The normalized spacial score (nSPS) is 17.9. The van der Waals surface area contributed by atoms with Gasteiger partial charge in [0.1, 0.15) is 6.04 Å². The number of allylic oxidation sites excluding steroid dienone is 1. The second-order valence-corrected chi connectivity index (χ2v) is 5.00. The van der Waals surface area contributed by atoms with Gasteiger partial charge in [0.15, 0.2) is 0 Å². The highest BCUT2D eigenvalue weighted by Crippen LogP contribution is 2.36. The molecule has 0 aromatic carbocycles. The van der Waals surface area contributed by atoms with E-state index in [1.54, 1.807) is 16.0 Å². The number of carbonyl (C=O) groups is 1. The number of nitrogens with one attached hydrogen (secondary N) is 1. The Balaban J connectivity index is 2.18. The molecular weight excluding hydrogens is 266 g/mol.